The first-order valence-corrected chi connectivity index (χ1v) is 9.50. The summed E-state index contributed by atoms with van der Waals surface area (Å²) in [5.74, 6) is -1.05. The Morgan fingerprint density at radius 2 is 2.00 bits per heavy atom. The van der Waals surface area contributed by atoms with Gasteiger partial charge in [-0.3, -0.25) is 4.79 Å². The van der Waals surface area contributed by atoms with E-state index in [0.717, 1.165) is 0 Å². The number of carbonyl (C=O) groups excluding carboxylic acids is 2. The number of esters is 1. The van der Waals surface area contributed by atoms with Gasteiger partial charge < -0.3 is 14.4 Å². The maximum Gasteiger partial charge on any atom is 0.338 e. The Morgan fingerprint density at radius 1 is 1.32 bits per heavy atom. The summed E-state index contributed by atoms with van der Waals surface area (Å²) in [4.78, 5) is 26.1. The van der Waals surface area contributed by atoms with E-state index in [1.807, 2.05) is 0 Å². The van der Waals surface area contributed by atoms with E-state index < -0.39 is 22.1 Å². The molecule has 1 atom stereocenters. The number of carbonyl (C=O) groups is 2. The highest BCUT2D eigenvalue weighted by Crippen LogP contribution is 2.14. The van der Waals surface area contributed by atoms with Crippen molar-refractivity contribution in [3.8, 4) is 0 Å². The fourth-order valence-electron chi connectivity index (χ4n) is 2.38. The van der Waals surface area contributed by atoms with Crippen molar-refractivity contribution in [3.63, 3.8) is 0 Å². The summed E-state index contributed by atoms with van der Waals surface area (Å²) >= 11 is 0. The van der Waals surface area contributed by atoms with Gasteiger partial charge in [-0.05, 0) is 25.1 Å². The average Bonchev–Trinajstić information content (AvgIpc) is 2.61. The van der Waals surface area contributed by atoms with Crippen LogP contribution >= 0.6 is 0 Å². The summed E-state index contributed by atoms with van der Waals surface area (Å²) in [5.41, 5.74) is 0.0700. The summed E-state index contributed by atoms with van der Waals surface area (Å²) in [7, 11) is -3.68. The fraction of sp³-hybridized carbons (Fsp3) is 0.500. The Balaban J connectivity index is 2.06. The maximum atomic E-state index is 12.3. The molecule has 0 spiro atoms. The second-order valence-electron chi connectivity index (χ2n) is 5.51. The van der Waals surface area contributed by atoms with E-state index in [4.69, 9.17) is 9.47 Å². The van der Waals surface area contributed by atoms with Crippen molar-refractivity contribution < 1.29 is 27.5 Å². The maximum absolute atomic E-state index is 12.3. The molecule has 1 aromatic rings. The van der Waals surface area contributed by atoms with Crippen molar-refractivity contribution in [2.75, 3.05) is 32.8 Å². The minimum atomic E-state index is -3.68. The van der Waals surface area contributed by atoms with Gasteiger partial charge in [0.05, 0.1) is 23.7 Å². The third-order valence-electron chi connectivity index (χ3n) is 3.67. The number of morpholine rings is 1. The van der Waals surface area contributed by atoms with Gasteiger partial charge in [-0.25, -0.2) is 17.9 Å². The summed E-state index contributed by atoms with van der Waals surface area (Å²) in [6, 6.07) is 5.51. The molecule has 1 aliphatic rings. The smallest absolute Gasteiger partial charge is 0.338 e. The van der Waals surface area contributed by atoms with E-state index in [-0.39, 0.29) is 22.9 Å². The van der Waals surface area contributed by atoms with Gasteiger partial charge in [0.2, 0.25) is 10.0 Å². The Morgan fingerprint density at radius 3 is 2.64 bits per heavy atom. The van der Waals surface area contributed by atoms with Crippen molar-refractivity contribution in [1.82, 2.24) is 9.62 Å². The monoisotopic (exact) mass is 370 g/mol. The average molecular weight is 370 g/mol. The van der Waals surface area contributed by atoms with Gasteiger partial charge >= 0.3 is 5.97 Å². The zero-order chi connectivity index (χ0) is 18.4. The minimum Gasteiger partial charge on any atom is -0.449 e. The van der Waals surface area contributed by atoms with Gasteiger partial charge in [-0.2, -0.15) is 0 Å². The molecule has 1 N–H and O–H groups in total. The SMILES string of the molecule is CCNS(=O)(=O)c1cccc(C(=O)OC(C)C(=O)N2CCOCC2)c1. The lowest BCUT2D eigenvalue weighted by atomic mass is 10.2. The highest BCUT2D eigenvalue weighted by atomic mass is 32.2. The number of hydrogen-bond acceptors (Lipinski definition) is 6. The first-order chi connectivity index (χ1) is 11.8. The minimum absolute atomic E-state index is 0.0315. The number of rotatable bonds is 6. The molecule has 1 aromatic carbocycles. The van der Waals surface area contributed by atoms with Crippen molar-refractivity contribution in [2.24, 2.45) is 0 Å². The summed E-state index contributed by atoms with van der Waals surface area (Å²) in [5, 5.41) is 0. The Hall–Kier alpha value is -1.97. The number of nitrogens with zero attached hydrogens (tertiary/aromatic N) is 1. The van der Waals surface area contributed by atoms with E-state index in [1.165, 1.54) is 31.2 Å². The molecule has 0 radical (unpaired) electrons. The summed E-state index contributed by atoms with van der Waals surface area (Å²) in [6.45, 7) is 5.22. The zero-order valence-corrected chi connectivity index (χ0v) is 15.0. The molecule has 1 saturated heterocycles. The molecule has 1 fully saturated rings. The van der Waals surface area contributed by atoms with Gasteiger partial charge in [0.25, 0.3) is 5.91 Å². The number of nitrogens with one attached hydrogen (secondary N) is 1. The number of hydrogen-bond donors (Lipinski definition) is 1. The van der Waals surface area contributed by atoms with Gasteiger partial charge in [-0.1, -0.05) is 13.0 Å². The molecular weight excluding hydrogens is 348 g/mol. The van der Waals surface area contributed by atoms with Crippen LogP contribution in [0.3, 0.4) is 0 Å². The van der Waals surface area contributed by atoms with E-state index >= 15 is 0 Å². The predicted octanol–water partition coefficient (Wildman–Crippen LogP) is 0.389. The molecule has 1 heterocycles. The van der Waals surface area contributed by atoms with Gasteiger partial charge in [0.1, 0.15) is 0 Å². The number of amides is 1. The largest absolute Gasteiger partial charge is 0.449 e. The van der Waals surface area contributed by atoms with Crippen molar-refractivity contribution >= 4 is 21.9 Å². The van der Waals surface area contributed by atoms with Gasteiger partial charge in [-0.15, -0.1) is 0 Å². The van der Waals surface area contributed by atoms with Crippen molar-refractivity contribution in [3.05, 3.63) is 29.8 Å². The molecule has 25 heavy (non-hydrogen) atoms. The van der Waals surface area contributed by atoms with Gasteiger partial charge in [0, 0.05) is 19.6 Å². The molecule has 1 amide bonds. The molecule has 1 aliphatic heterocycles. The van der Waals surface area contributed by atoms with Crippen LogP contribution in [0.15, 0.2) is 29.2 Å². The first kappa shape index (κ1) is 19.4. The normalized spacial score (nSPS) is 16.3. The fourth-order valence-corrected chi connectivity index (χ4v) is 3.47. The van der Waals surface area contributed by atoms with Crippen LogP contribution in [0.25, 0.3) is 0 Å². The lowest BCUT2D eigenvalue weighted by Gasteiger charge is -2.28. The molecule has 1 unspecified atom stereocenters. The van der Waals surface area contributed by atoms with Crippen LogP contribution < -0.4 is 4.72 Å². The van der Waals surface area contributed by atoms with Crippen LogP contribution in [0.2, 0.25) is 0 Å². The quantitative estimate of drug-likeness (QED) is 0.727. The molecule has 0 bridgehead atoms. The number of benzene rings is 1. The number of sulfonamides is 1. The predicted molar refractivity (Wildman–Crippen MR) is 89.6 cm³/mol. The zero-order valence-electron chi connectivity index (χ0n) is 14.2. The highest BCUT2D eigenvalue weighted by molar-refractivity contribution is 7.89. The Bertz CT molecular complexity index is 728. The van der Waals surface area contributed by atoms with Crippen LogP contribution in [0.5, 0.6) is 0 Å². The van der Waals surface area contributed by atoms with Crippen LogP contribution in [0, 0.1) is 0 Å². The van der Waals surface area contributed by atoms with E-state index in [1.54, 1.807) is 11.8 Å². The van der Waals surface area contributed by atoms with Crippen LogP contribution in [-0.4, -0.2) is 64.1 Å². The second kappa shape index (κ2) is 8.41. The topological polar surface area (TPSA) is 102 Å². The van der Waals surface area contributed by atoms with Crippen molar-refractivity contribution in [2.45, 2.75) is 24.8 Å². The molecule has 9 heteroatoms. The van der Waals surface area contributed by atoms with Crippen LogP contribution in [0.1, 0.15) is 24.2 Å². The Kier molecular flexibility index (Phi) is 6.51. The molecule has 138 valence electrons. The van der Waals surface area contributed by atoms with E-state index in [9.17, 15) is 18.0 Å². The lowest BCUT2D eigenvalue weighted by molar-refractivity contribution is -0.143. The third-order valence-corrected chi connectivity index (χ3v) is 5.21. The number of ether oxygens (including phenoxy) is 2. The molecule has 0 aliphatic carbocycles. The molecule has 8 nitrogen and oxygen atoms in total. The first-order valence-electron chi connectivity index (χ1n) is 8.02. The summed E-state index contributed by atoms with van der Waals surface area (Å²) < 4.78 is 36.7. The van der Waals surface area contributed by atoms with Crippen molar-refractivity contribution in [1.29, 1.82) is 0 Å². The molecular formula is C16H22N2O6S. The Labute approximate surface area is 147 Å². The van der Waals surface area contributed by atoms with E-state index in [2.05, 4.69) is 4.72 Å². The molecule has 0 saturated carbocycles. The second-order valence-corrected chi connectivity index (χ2v) is 7.28. The highest BCUT2D eigenvalue weighted by Gasteiger charge is 2.26. The van der Waals surface area contributed by atoms with Gasteiger partial charge in [0.15, 0.2) is 6.10 Å². The summed E-state index contributed by atoms with van der Waals surface area (Å²) in [6.07, 6.45) is -0.959. The standard InChI is InChI=1S/C16H22N2O6S/c1-3-17-25(21,22)14-6-4-5-13(11-14)16(20)24-12(2)15(19)18-7-9-23-10-8-18/h4-6,11-12,17H,3,7-10H2,1-2H3. The van der Waals surface area contributed by atoms with E-state index in [0.29, 0.717) is 26.3 Å². The molecule has 2 rings (SSSR count). The van der Waals surface area contributed by atoms with Crippen LogP contribution in [-0.2, 0) is 24.3 Å². The molecule has 0 aromatic heterocycles. The third kappa shape index (κ3) is 5.00. The van der Waals surface area contributed by atoms with Crippen LogP contribution in [0.4, 0.5) is 0 Å². The lowest BCUT2D eigenvalue weighted by Crippen LogP contribution is -2.46.